The van der Waals surface area contributed by atoms with Crippen LogP contribution in [0.4, 0.5) is 11.6 Å². The Morgan fingerprint density at radius 1 is 0.964 bits per heavy atom. The summed E-state index contributed by atoms with van der Waals surface area (Å²) in [5, 5.41) is 2.92. The molecule has 1 aromatic carbocycles. The molecule has 1 aliphatic rings. The van der Waals surface area contributed by atoms with E-state index in [0.29, 0.717) is 28.5 Å². The predicted molar refractivity (Wildman–Crippen MR) is 107 cm³/mol. The molecule has 3 rings (SSSR count). The third-order valence-corrected chi connectivity index (χ3v) is 4.81. The number of methoxy groups -OCH3 is 3. The fourth-order valence-electron chi connectivity index (χ4n) is 3.34. The zero-order chi connectivity index (χ0) is 20.3. The van der Waals surface area contributed by atoms with Crippen LogP contribution in [-0.2, 0) is 0 Å². The van der Waals surface area contributed by atoms with E-state index in [9.17, 15) is 4.79 Å². The summed E-state index contributed by atoms with van der Waals surface area (Å²) in [7, 11) is 4.54. The molecular weight excluding hydrogens is 360 g/mol. The van der Waals surface area contributed by atoms with E-state index in [4.69, 9.17) is 14.2 Å². The predicted octanol–water partition coefficient (Wildman–Crippen LogP) is 2.97. The van der Waals surface area contributed by atoms with E-state index >= 15 is 0 Å². The monoisotopic (exact) mass is 386 g/mol. The molecule has 8 heteroatoms. The summed E-state index contributed by atoms with van der Waals surface area (Å²) in [5.41, 5.74) is 2.46. The largest absolute Gasteiger partial charge is 0.493 e. The lowest BCUT2D eigenvalue weighted by Gasteiger charge is -2.19. The van der Waals surface area contributed by atoms with Crippen LogP contribution in [0.1, 0.15) is 34.6 Å². The lowest BCUT2D eigenvalue weighted by Crippen LogP contribution is -2.22. The van der Waals surface area contributed by atoms with Gasteiger partial charge in [-0.05, 0) is 38.8 Å². The summed E-state index contributed by atoms with van der Waals surface area (Å²) in [6, 6.07) is 3.22. The second-order valence-corrected chi connectivity index (χ2v) is 6.63. The van der Waals surface area contributed by atoms with Crippen molar-refractivity contribution in [2.75, 3.05) is 44.6 Å². The first-order valence-corrected chi connectivity index (χ1v) is 9.20. The van der Waals surface area contributed by atoms with Crippen molar-refractivity contribution in [3.8, 4) is 17.2 Å². The van der Waals surface area contributed by atoms with Crippen molar-refractivity contribution in [2.45, 2.75) is 26.7 Å². The summed E-state index contributed by atoms with van der Waals surface area (Å²) < 4.78 is 16.0. The zero-order valence-electron chi connectivity index (χ0n) is 17.0. The summed E-state index contributed by atoms with van der Waals surface area (Å²) in [4.78, 5) is 24.2. The van der Waals surface area contributed by atoms with Crippen LogP contribution in [0.5, 0.6) is 17.2 Å². The first-order chi connectivity index (χ1) is 13.5. The van der Waals surface area contributed by atoms with Crippen LogP contribution in [0, 0.1) is 13.8 Å². The second-order valence-electron chi connectivity index (χ2n) is 6.63. The maximum Gasteiger partial charge on any atom is 0.256 e. The number of aryl methyl sites for hydroxylation is 2. The molecule has 8 nitrogen and oxygen atoms in total. The molecule has 0 atom stereocenters. The van der Waals surface area contributed by atoms with Crippen molar-refractivity contribution in [2.24, 2.45) is 0 Å². The lowest BCUT2D eigenvalue weighted by molar-refractivity contribution is 0.102. The standard InChI is InChI=1S/C20H26N4O4/c1-12-17(13(2)22-20(21-12)24-8-6-7-9-24)23-19(25)14-10-15(26-3)18(28-5)16(11-14)27-4/h10-11H,6-9H2,1-5H3,(H,23,25). The third kappa shape index (κ3) is 3.81. The highest BCUT2D eigenvalue weighted by Crippen LogP contribution is 2.38. The van der Waals surface area contributed by atoms with Gasteiger partial charge in [-0.25, -0.2) is 9.97 Å². The Kier molecular flexibility index (Phi) is 5.87. The Morgan fingerprint density at radius 2 is 1.50 bits per heavy atom. The molecule has 1 fully saturated rings. The average molecular weight is 386 g/mol. The maximum atomic E-state index is 12.9. The molecule has 28 heavy (non-hydrogen) atoms. The van der Waals surface area contributed by atoms with E-state index < -0.39 is 0 Å². The third-order valence-electron chi connectivity index (χ3n) is 4.81. The van der Waals surface area contributed by atoms with Crippen molar-refractivity contribution < 1.29 is 19.0 Å². The van der Waals surface area contributed by atoms with Gasteiger partial charge >= 0.3 is 0 Å². The Balaban J connectivity index is 1.89. The molecule has 0 spiro atoms. The van der Waals surface area contributed by atoms with Gasteiger partial charge in [-0.2, -0.15) is 0 Å². The van der Waals surface area contributed by atoms with Gasteiger partial charge in [0, 0.05) is 18.7 Å². The van der Waals surface area contributed by atoms with Crippen molar-refractivity contribution in [3.63, 3.8) is 0 Å². The SMILES string of the molecule is COc1cc(C(=O)Nc2c(C)nc(N3CCCC3)nc2C)cc(OC)c1OC. The molecule has 0 aliphatic carbocycles. The lowest BCUT2D eigenvalue weighted by atomic mass is 10.1. The van der Waals surface area contributed by atoms with Gasteiger partial charge in [0.15, 0.2) is 11.5 Å². The van der Waals surface area contributed by atoms with Crippen molar-refractivity contribution in [3.05, 3.63) is 29.1 Å². The summed E-state index contributed by atoms with van der Waals surface area (Å²) in [6.45, 7) is 5.68. The number of aromatic nitrogens is 2. The van der Waals surface area contributed by atoms with Gasteiger partial charge in [0.2, 0.25) is 11.7 Å². The molecule has 2 heterocycles. The number of carbonyl (C=O) groups is 1. The van der Waals surface area contributed by atoms with Crippen molar-refractivity contribution in [1.82, 2.24) is 9.97 Å². The normalized spacial score (nSPS) is 13.4. The van der Waals surface area contributed by atoms with Crippen molar-refractivity contribution in [1.29, 1.82) is 0 Å². The molecule has 1 N–H and O–H groups in total. The smallest absolute Gasteiger partial charge is 0.256 e. The molecule has 150 valence electrons. The first kappa shape index (κ1) is 19.7. The van der Waals surface area contributed by atoms with Gasteiger partial charge in [-0.15, -0.1) is 0 Å². The van der Waals surface area contributed by atoms with Crippen LogP contribution in [0.2, 0.25) is 0 Å². The van der Waals surface area contributed by atoms with E-state index in [2.05, 4.69) is 20.2 Å². The van der Waals surface area contributed by atoms with Gasteiger partial charge in [-0.1, -0.05) is 0 Å². The molecule has 0 saturated carbocycles. The number of amides is 1. The number of benzene rings is 1. The molecule has 0 bridgehead atoms. The second kappa shape index (κ2) is 8.33. The number of anilines is 2. The molecule has 0 radical (unpaired) electrons. The minimum atomic E-state index is -0.303. The summed E-state index contributed by atoms with van der Waals surface area (Å²) in [5.74, 6) is 1.69. The van der Waals surface area contributed by atoms with Gasteiger partial charge in [0.1, 0.15) is 0 Å². The van der Waals surface area contributed by atoms with E-state index in [1.165, 1.54) is 21.3 Å². The highest BCUT2D eigenvalue weighted by molar-refractivity contribution is 6.05. The summed E-state index contributed by atoms with van der Waals surface area (Å²) >= 11 is 0. The van der Waals surface area contributed by atoms with E-state index in [-0.39, 0.29) is 5.91 Å². The number of hydrogen-bond donors (Lipinski definition) is 1. The minimum Gasteiger partial charge on any atom is -0.493 e. The van der Waals surface area contributed by atoms with Crippen LogP contribution in [0.3, 0.4) is 0 Å². The molecule has 2 aromatic rings. The Bertz CT molecular complexity index is 830. The molecule has 1 aromatic heterocycles. The Labute approximate surface area is 164 Å². The number of carbonyl (C=O) groups excluding carboxylic acids is 1. The molecule has 1 aliphatic heterocycles. The number of hydrogen-bond acceptors (Lipinski definition) is 7. The average Bonchev–Trinajstić information content (AvgIpc) is 3.24. The topological polar surface area (TPSA) is 85.8 Å². The number of rotatable bonds is 6. The van der Waals surface area contributed by atoms with Gasteiger partial charge in [0.05, 0.1) is 38.4 Å². The maximum absolute atomic E-state index is 12.9. The van der Waals surface area contributed by atoms with Gasteiger partial charge < -0.3 is 24.4 Å². The minimum absolute atomic E-state index is 0.303. The van der Waals surface area contributed by atoms with Gasteiger partial charge in [0.25, 0.3) is 5.91 Å². The Hall–Kier alpha value is -3.03. The van der Waals surface area contributed by atoms with Crippen molar-refractivity contribution >= 4 is 17.5 Å². The van der Waals surface area contributed by atoms with E-state index in [0.717, 1.165) is 43.3 Å². The fourth-order valence-corrected chi connectivity index (χ4v) is 3.34. The van der Waals surface area contributed by atoms with Crippen LogP contribution in [-0.4, -0.2) is 50.3 Å². The highest BCUT2D eigenvalue weighted by atomic mass is 16.5. The van der Waals surface area contributed by atoms with Gasteiger partial charge in [-0.3, -0.25) is 4.79 Å². The number of nitrogens with zero attached hydrogens (tertiary/aromatic N) is 3. The van der Waals surface area contributed by atoms with E-state index in [1.807, 2.05) is 13.8 Å². The molecule has 1 amide bonds. The first-order valence-electron chi connectivity index (χ1n) is 9.20. The number of nitrogens with one attached hydrogen (secondary N) is 1. The molecule has 0 unspecified atom stereocenters. The highest BCUT2D eigenvalue weighted by Gasteiger charge is 2.21. The van der Waals surface area contributed by atoms with E-state index in [1.54, 1.807) is 12.1 Å². The Morgan fingerprint density at radius 3 is 1.96 bits per heavy atom. The fraction of sp³-hybridized carbons (Fsp3) is 0.450. The van der Waals surface area contributed by atoms with Crippen LogP contribution in [0.25, 0.3) is 0 Å². The molecular formula is C20H26N4O4. The van der Waals surface area contributed by atoms with Crippen LogP contribution in [0.15, 0.2) is 12.1 Å². The summed E-state index contributed by atoms with van der Waals surface area (Å²) in [6.07, 6.45) is 2.31. The zero-order valence-corrected chi connectivity index (χ0v) is 17.0. The molecule has 1 saturated heterocycles. The van der Waals surface area contributed by atoms with Crippen LogP contribution >= 0.6 is 0 Å². The van der Waals surface area contributed by atoms with Crippen LogP contribution < -0.4 is 24.4 Å². The quantitative estimate of drug-likeness (QED) is 0.817. The number of ether oxygens (including phenoxy) is 3.